The van der Waals surface area contributed by atoms with Crippen LogP contribution in [-0.4, -0.2) is 43.8 Å². The molecule has 0 aliphatic heterocycles. The van der Waals surface area contributed by atoms with E-state index in [1.54, 1.807) is 43.3 Å². The Balaban J connectivity index is 1.70. The van der Waals surface area contributed by atoms with Gasteiger partial charge in [0, 0.05) is 22.6 Å². The fraction of sp³-hybridized carbons (Fsp3) is 0.355. The zero-order valence-electron chi connectivity index (χ0n) is 23.5. The normalized spacial score (nSPS) is 14.7. The lowest BCUT2D eigenvalue weighted by molar-refractivity contribution is -0.139. The van der Waals surface area contributed by atoms with Crippen molar-refractivity contribution in [1.29, 1.82) is 0 Å². The highest BCUT2D eigenvalue weighted by atomic mass is 35.5. The van der Waals surface area contributed by atoms with Gasteiger partial charge in [-0.25, -0.2) is 8.42 Å². The minimum absolute atomic E-state index is 0.00992. The quantitative estimate of drug-likeness (QED) is 0.256. The van der Waals surface area contributed by atoms with Crippen molar-refractivity contribution in [2.45, 2.75) is 69.5 Å². The van der Waals surface area contributed by atoms with Crippen molar-refractivity contribution in [3.8, 4) is 0 Å². The number of anilines is 1. The van der Waals surface area contributed by atoms with Crippen LogP contribution in [-0.2, 0) is 26.2 Å². The van der Waals surface area contributed by atoms with Crippen LogP contribution in [0.2, 0.25) is 15.1 Å². The Morgan fingerprint density at radius 1 is 0.905 bits per heavy atom. The van der Waals surface area contributed by atoms with Gasteiger partial charge in [-0.05, 0) is 74.7 Å². The number of aryl methyl sites for hydroxylation is 1. The van der Waals surface area contributed by atoms with Crippen molar-refractivity contribution in [3.63, 3.8) is 0 Å². The first-order chi connectivity index (χ1) is 20.0. The van der Waals surface area contributed by atoms with E-state index in [0.717, 1.165) is 47.5 Å². The van der Waals surface area contributed by atoms with Crippen LogP contribution in [0.5, 0.6) is 0 Å². The summed E-state index contributed by atoms with van der Waals surface area (Å²) in [4.78, 5) is 28.9. The lowest BCUT2D eigenvalue weighted by Gasteiger charge is -2.33. The van der Waals surface area contributed by atoms with Gasteiger partial charge in [0.2, 0.25) is 11.8 Å². The van der Waals surface area contributed by atoms with Crippen LogP contribution >= 0.6 is 34.8 Å². The van der Waals surface area contributed by atoms with Gasteiger partial charge in [-0.2, -0.15) is 0 Å². The molecule has 1 atom stereocenters. The first kappa shape index (κ1) is 32.1. The molecule has 0 spiro atoms. The smallest absolute Gasteiger partial charge is 0.264 e. The second-order valence-electron chi connectivity index (χ2n) is 10.6. The Labute approximate surface area is 262 Å². The molecule has 1 aliphatic carbocycles. The lowest BCUT2D eigenvalue weighted by atomic mass is 9.95. The second-order valence-corrected chi connectivity index (χ2v) is 13.7. The van der Waals surface area contributed by atoms with E-state index in [2.05, 4.69) is 5.32 Å². The van der Waals surface area contributed by atoms with E-state index < -0.39 is 28.5 Å². The van der Waals surface area contributed by atoms with Crippen molar-refractivity contribution in [1.82, 2.24) is 10.2 Å². The Morgan fingerprint density at radius 3 is 2.17 bits per heavy atom. The van der Waals surface area contributed by atoms with E-state index in [4.69, 9.17) is 34.8 Å². The monoisotopic (exact) mass is 649 g/mol. The van der Waals surface area contributed by atoms with Gasteiger partial charge in [0.05, 0.1) is 15.6 Å². The van der Waals surface area contributed by atoms with Gasteiger partial charge in [-0.15, -0.1) is 0 Å². The largest absolute Gasteiger partial charge is 0.352 e. The number of benzene rings is 3. The van der Waals surface area contributed by atoms with Gasteiger partial charge in [0.1, 0.15) is 12.6 Å². The molecule has 1 saturated carbocycles. The van der Waals surface area contributed by atoms with Crippen LogP contribution < -0.4 is 9.62 Å². The summed E-state index contributed by atoms with van der Waals surface area (Å²) in [6.45, 7) is 2.96. The molecule has 4 rings (SSSR count). The number of nitrogens with zero attached hydrogens (tertiary/aromatic N) is 2. The number of hydrogen-bond donors (Lipinski definition) is 1. The number of nitrogens with one attached hydrogen (secondary N) is 1. The molecule has 0 bridgehead atoms. The average molecular weight is 651 g/mol. The molecule has 1 fully saturated rings. The van der Waals surface area contributed by atoms with Gasteiger partial charge in [-0.1, -0.05) is 83.9 Å². The SMILES string of the molecule is Cc1ccc(S(=O)(=O)N(CC(=O)N(Cc2ccc(Cl)cc2)[C@H](C)C(=O)NC2CCCCC2)c2cc(Cl)ccc2Cl)cc1. The van der Waals surface area contributed by atoms with Gasteiger partial charge in [-0.3, -0.25) is 13.9 Å². The number of halogens is 3. The lowest BCUT2D eigenvalue weighted by Crippen LogP contribution is -2.53. The van der Waals surface area contributed by atoms with Gasteiger partial charge < -0.3 is 10.2 Å². The molecule has 2 amide bonds. The van der Waals surface area contributed by atoms with E-state index in [0.29, 0.717) is 5.02 Å². The molecule has 0 unspecified atom stereocenters. The van der Waals surface area contributed by atoms with E-state index >= 15 is 0 Å². The van der Waals surface area contributed by atoms with E-state index in [1.807, 2.05) is 6.92 Å². The Morgan fingerprint density at radius 2 is 1.52 bits per heavy atom. The maximum atomic E-state index is 14.1. The molecular formula is C31H34Cl3N3O4S. The van der Waals surface area contributed by atoms with E-state index in [1.165, 1.54) is 35.2 Å². The molecule has 0 heterocycles. The zero-order valence-corrected chi connectivity index (χ0v) is 26.6. The van der Waals surface area contributed by atoms with Gasteiger partial charge in [0.25, 0.3) is 10.0 Å². The Kier molecular flexibility index (Phi) is 10.8. The van der Waals surface area contributed by atoms with Crippen LogP contribution in [0, 0.1) is 6.92 Å². The second kappa shape index (κ2) is 14.1. The highest BCUT2D eigenvalue weighted by molar-refractivity contribution is 7.92. The summed E-state index contributed by atoms with van der Waals surface area (Å²) in [5, 5.41) is 3.98. The van der Waals surface area contributed by atoms with Crippen molar-refractivity contribution in [2.24, 2.45) is 0 Å². The summed E-state index contributed by atoms with van der Waals surface area (Å²) < 4.78 is 28.9. The van der Waals surface area contributed by atoms with Crippen molar-refractivity contribution >= 4 is 62.3 Å². The number of carbonyl (C=O) groups is 2. The Hall–Kier alpha value is -2.78. The molecular weight excluding hydrogens is 617 g/mol. The molecule has 7 nitrogen and oxygen atoms in total. The molecule has 0 saturated heterocycles. The summed E-state index contributed by atoms with van der Waals surface area (Å²) in [5.74, 6) is -0.874. The minimum Gasteiger partial charge on any atom is -0.352 e. The molecule has 0 radical (unpaired) electrons. The van der Waals surface area contributed by atoms with Crippen molar-refractivity contribution < 1.29 is 18.0 Å². The van der Waals surface area contributed by atoms with Gasteiger partial charge in [0.15, 0.2) is 0 Å². The predicted octanol–water partition coefficient (Wildman–Crippen LogP) is 7.02. The average Bonchev–Trinajstić information content (AvgIpc) is 2.97. The third-order valence-electron chi connectivity index (χ3n) is 7.45. The fourth-order valence-corrected chi connectivity index (χ4v) is 6.95. The minimum atomic E-state index is -4.26. The zero-order chi connectivity index (χ0) is 30.4. The first-order valence-electron chi connectivity index (χ1n) is 13.8. The molecule has 224 valence electrons. The van der Waals surface area contributed by atoms with Crippen molar-refractivity contribution in [2.75, 3.05) is 10.8 Å². The number of amides is 2. The van der Waals surface area contributed by atoms with Crippen LogP contribution in [0.25, 0.3) is 0 Å². The molecule has 11 heteroatoms. The predicted molar refractivity (Wildman–Crippen MR) is 169 cm³/mol. The maximum absolute atomic E-state index is 14.1. The summed E-state index contributed by atoms with van der Waals surface area (Å²) >= 11 is 18.8. The topological polar surface area (TPSA) is 86.8 Å². The molecule has 1 aliphatic rings. The third kappa shape index (κ3) is 7.98. The van der Waals surface area contributed by atoms with Crippen LogP contribution in [0.15, 0.2) is 71.6 Å². The fourth-order valence-electron chi connectivity index (χ4n) is 4.97. The number of hydrogen-bond acceptors (Lipinski definition) is 4. The van der Waals surface area contributed by atoms with Crippen LogP contribution in [0.3, 0.4) is 0 Å². The summed E-state index contributed by atoms with van der Waals surface area (Å²) in [6, 6.07) is 16.8. The first-order valence-corrected chi connectivity index (χ1v) is 16.4. The molecule has 42 heavy (non-hydrogen) atoms. The molecule has 0 aromatic heterocycles. The molecule has 1 N–H and O–H groups in total. The highest BCUT2D eigenvalue weighted by Crippen LogP contribution is 2.33. The summed E-state index contributed by atoms with van der Waals surface area (Å²) in [7, 11) is -4.26. The number of rotatable bonds is 10. The maximum Gasteiger partial charge on any atom is 0.264 e. The van der Waals surface area contributed by atoms with Crippen molar-refractivity contribution in [3.05, 3.63) is 92.9 Å². The van der Waals surface area contributed by atoms with E-state index in [9.17, 15) is 18.0 Å². The Bertz CT molecular complexity index is 1510. The standard InChI is InChI=1S/C31H34Cl3N3O4S/c1-21-8-15-27(16-9-21)42(40,41)37(29-18-25(33)14-17-28(29)34)20-30(38)36(19-23-10-12-24(32)13-11-23)22(2)31(39)35-26-6-4-3-5-7-26/h8-18,22,26H,3-7,19-20H2,1-2H3,(H,35,39)/t22-/m1/s1. The summed E-state index contributed by atoms with van der Waals surface area (Å²) in [5.41, 5.74) is 1.67. The highest BCUT2D eigenvalue weighted by Gasteiger charge is 2.34. The van der Waals surface area contributed by atoms with Gasteiger partial charge >= 0.3 is 0 Å². The van der Waals surface area contributed by atoms with Crippen LogP contribution in [0.1, 0.15) is 50.2 Å². The molecule has 3 aromatic rings. The third-order valence-corrected chi connectivity index (χ3v) is 10.0. The molecule has 3 aromatic carbocycles. The number of sulfonamides is 1. The van der Waals surface area contributed by atoms with Crippen LogP contribution in [0.4, 0.5) is 5.69 Å². The summed E-state index contributed by atoms with van der Waals surface area (Å²) in [6.07, 6.45) is 5.00. The number of carbonyl (C=O) groups excluding carboxylic acids is 2. The van der Waals surface area contributed by atoms with E-state index in [-0.39, 0.29) is 39.1 Å².